The number of anilines is 1. The zero-order chi connectivity index (χ0) is 14.4. The number of nitrogens with zero attached hydrogens (tertiary/aromatic N) is 2. The van der Waals surface area contributed by atoms with Crippen LogP contribution in [-0.2, 0) is 10.0 Å². The Labute approximate surface area is 116 Å². The molecule has 7 heteroatoms. The number of aliphatic hydroxyl groups excluding tert-OH is 1. The topological polar surface area (TPSA) is 92.2 Å². The molecule has 0 radical (unpaired) electrons. The van der Waals surface area contributed by atoms with Crippen LogP contribution in [-0.4, -0.2) is 30.3 Å². The summed E-state index contributed by atoms with van der Waals surface area (Å²) in [6.07, 6.45) is 1.45. The molecule has 0 saturated carbocycles. The normalized spacial score (nSPS) is 10.4. The third-order valence-electron chi connectivity index (χ3n) is 2.27. The molecule has 1 heterocycles. The van der Waals surface area contributed by atoms with Crippen LogP contribution in [0.4, 0.5) is 5.82 Å². The fraction of sp³-hybridized carbons (Fsp3) is 0.0769. The Hall–Kier alpha value is -2.43. The van der Waals surface area contributed by atoms with Gasteiger partial charge in [-0.25, -0.2) is 8.42 Å². The molecular formula is C13H11N3O3S. The van der Waals surface area contributed by atoms with Gasteiger partial charge in [0.2, 0.25) is 0 Å². The number of hydrogen-bond donors (Lipinski definition) is 2. The van der Waals surface area contributed by atoms with E-state index in [9.17, 15) is 8.42 Å². The van der Waals surface area contributed by atoms with Crippen molar-refractivity contribution < 1.29 is 13.5 Å². The standard InChI is InChI=1S/C13H11N3O3S/c17-9-3-5-11-4-1-6-12(10-11)20(18,19)16-13-7-2-8-14-15-13/h1-2,4,6-8,10,17H,9H2,(H,15,16). The molecule has 0 fully saturated rings. The lowest BCUT2D eigenvalue weighted by atomic mass is 10.2. The third-order valence-corrected chi connectivity index (χ3v) is 3.62. The Morgan fingerprint density at radius 3 is 2.80 bits per heavy atom. The Kier molecular flexibility index (Phi) is 4.30. The molecule has 2 aromatic rings. The molecule has 0 atom stereocenters. The van der Waals surface area contributed by atoms with Gasteiger partial charge in [-0.15, -0.1) is 5.10 Å². The molecule has 0 unspecified atom stereocenters. The van der Waals surface area contributed by atoms with E-state index in [1.165, 1.54) is 24.4 Å². The maximum Gasteiger partial charge on any atom is 0.263 e. The van der Waals surface area contributed by atoms with Crippen LogP contribution in [0.3, 0.4) is 0 Å². The SMILES string of the molecule is O=S(=O)(Nc1cccnn1)c1cccc(C#CCO)c1. The fourth-order valence-electron chi connectivity index (χ4n) is 1.44. The average Bonchev–Trinajstić information content (AvgIpc) is 2.46. The minimum absolute atomic E-state index is 0.0629. The maximum atomic E-state index is 12.2. The van der Waals surface area contributed by atoms with Gasteiger partial charge in [-0.3, -0.25) is 4.72 Å². The highest BCUT2D eigenvalue weighted by molar-refractivity contribution is 7.92. The predicted molar refractivity (Wildman–Crippen MR) is 73.2 cm³/mol. The molecule has 0 amide bonds. The van der Waals surface area contributed by atoms with Crippen molar-refractivity contribution in [2.75, 3.05) is 11.3 Å². The van der Waals surface area contributed by atoms with Gasteiger partial charge in [-0.1, -0.05) is 17.9 Å². The van der Waals surface area contributed by atoms with E-state index >= 15 is 0 Å². The number of sulfonamides is 1. The lowest BCUT2D eigenvalue weighted by Gasteiger charge is -2.06. The monoisotopic (exact) mass is 289 g/mol. The van der Waals surface area contributed by atoms with Gasteiger partial charge in [0.25, 0.3) is 10.0 Å². The van der Waals surface area contributed by atoms with E-state index in [1.54, 1.807) is 18.2 Å². The van der Waals surface area contributed by atoms with Crippen LogP contribution in [0, 0.1) is 11.8 Å². The van der Waals surface area contributed by atoms with Gasteiger partial charge in [-0.05, 0) is 30.3 Å². The highest BCUT2D eigenvalue weighted by Crippen LogP contribution is 2.14. The number of aromatic nitrogens is 2. The van der Waals surface area contributed by atoms with Crippen LogP contribution in [0.25, 0.3) is 0 Å². The van der Waals surface area contributed by atoms with E-state index in [0.29, 0.717) is 5.56 Å². The lowest BCUT2D eigenvalue weighted by Crippen LogP contribution is -2.14. The van der Waals surface area contributed by atoms with Gasteiger partial charge in [-0.2, -0.15) is 5.10 Å². The van der Waals surface area contributed by atoms with Gasteiger partial charge >= 0.3 is 0 Å². The van der Waals surface area contributed by atoms with Crippen LogP contribution in [0.1, 0.15) is 5.56 Å². The van der Waals surface area contributed by atoms with Gasteiger partial charge in [0, 0.05) is 11.8 Å². The summed E-state index contributed by atoms with van der Waals surface area (Å²) in [7, 11) is -3.74. The summed E-state index contributed by atoms with van der Waals surface area (Å²) in [5.41, 5.74) is 0.501. The van der Waals surface area contributed by atoms with Crippen molar-refractivity contribution in [3.8, 4) is 11.8 Å². The third kappa shape index (κ3) is 3.54. The van der Waals surface area contributed by atoms with E-state index in [-0.39, 0.29) is 17.3 Å². The fourth-order valence-corrected chi connectivity index (χ4v) is 2.48. The van der Waals surface area contributed by atoms with Crippen LogP contribution in [0.5, 0.6) is 0 Å². The largest absolute Gasteiger partial charge is 0.384 e. The lowest BCUT2D eigenvalue weighted by molar-refractivity contribution is 0.350. The van der Waals surface area contributed by atoms with Crippen LogP contribution in [0.2, 0.25) is 0 Å². The van der Waals surface area contributed by atoms with Crippen molar-refractivity contribution in [2.24, 2.45) is 0 Å². The Bertz CT molecular complexity index is 749. The van der Waals surface area contributed by atoms with Crippen molar-refractivity contribution in [1.29, 1.82) is 0 Å². The van der Waals surface area contributed by atoms with Crippen LogP contribution in [0.15, 0.2) is 47.5 Å². The Morgan fingerprint density at radius 2 is 2.10 bits per heavy atom. The van der Waals surface area contributed by atoms with E-state index in [1.807, 2.05) is 0 Å². The number of rotatable bonds is 3. The summed E-state index contributed by atoms with van der Waals surface area (Å²) >= 11 is 0. The second kappa shape index (κ2) is 6.14. The highest BCUT2D eigenvalue weighted by atomic mass is 32.2. The first kappa shape index (κ1) is 14.0. The summed E-state index contributed by atoms with van der Waals surface area (Å²) in [6.45, 7) is -0.283. The zero-order valence-corrected chi connectivity index (χ0v) is 11.1. The molecule has 2 rings (SSSR count). The number of benzene rings is 1. The van der Waals surface area contributed by atoms with Crippen molar-refractivity contribution in [3.05, 3.63) is 48.2 Å². The van der Waals surface area contributed by atoms with Crippen molar-refractivity contribution in [3.63, 3.8) is 0 Å². The first-order chi connectivity index (χ1) is 9.62. The predicted octanol–water partition coefficient (Wildman–Crippen LogP) is 0.621. The molecule has 1 aromatic carbocycles. The summed E-state index contributed by atoms with van der Waals surface area (Å²) in [6, 6.07) is 9.18. The minimum atomic E-state index is -3.74. The smallest absolute Gasteiger partial charge is 0.263 e. The van der Waals surface area contributed by atoms with E-state index in [4.69, 9.17) is 5.11 Å². The summed E-state index contributed by atoms with van der Waals surface area (Å²) in [5, 5.41) is 15.9. The Balaban J connectivity index is 2.30. The first-order valence-corrected chi connectivity index (χ1v) is 7.10. The van der Waals surface area contributed by atoms with Gasteiger partial charge in [0.15, 0.2) is 5.82 Å². The average molecular weight is 289 g/mol. The van der Waals surface area contributed by atoms with Crippen molar-refractivity contribution in [1.82, 2.24) is 10.2 Å². The Morgan fingerprint density at radius 1 is 1.25 bits per heavy atom. The van der Waals surface area contributed by atoms with Crippen molar-refractivity contribution >= 4 is 15.8 Å². The van der Waals surface area contributed by atoms with E-state index < -0.39 is 10.0 Å². The minimum Gasteiger partial charge on any atom is -0.384 e. The summed E-state index contributed by atoms with van der Waals surface area (Å²) in [4.78, 5) is 0.0629. The van der Waals surface area contributed by atoms with Crippen LogP contribution >= 0.6 is 0 Å². The number of nitrogens with one attached hydrogen (secondary N) is 1. The van der Waals surface area contributed by atoms with Gasteiger partial charge in [0.05, 0.1) is 4.90 Å². The van der Waals surface area contributed by atoms with Crippen molar-refractivity contribution in [2.45, 2.75) is 4.90 Å². The molecule has 0 bridgehead atoms. The molecule has 0 aliphatic carbocycles. The van der Waals surface area contributed by atoms with Gasteiger partial charge in [0.1, 0.15) is 6.61 Å². The number of hydrogen-bond acceptors (Lipinski definition) is 5. The van der Waals surface area contributed by atoms with Gasteiger partial charge < -0.3 is 5.11 Å². The summed E-state index contributed by atoms with van der Waals surface area (Å²) < 4.78 is 26.6. The van der Waals surface area contributed by atoms with E-state index in [2.05, 4.69) is 26.8 Å². The molecular weight excluding hydrogens is 278 g/mol. The zero-order valence-electron chi connectivity index (χ0n) is 10.3. The molecule has 0 spiro atoms. The highest BCUT2D eigenvalue weighted by Gasteiger charge is 2.14. The molecule has 0 aliphatic heterocycles. The molecule has 102 valence electrons. The van der Waals surface area contributed by atoms with Crippen LogP contribution < -0.4 is 4.72 Å². The molecule has 1 aromatic heterocycles. The second-order valence-electron chi connectivity index (χ2n) is 3.70. The quantitative estimate of drug-likeness (QED) is 0.808. The molecule has 0 aliphatic rings. The first-order valence-electron chi connectivity index (χ1n) is 5.62. The van der Waals surface area contributed by atoms with E-state index in [0.717, 1.165) is 0 Å². The number of aliphatic hydroxyl groups is 1. The summed E-state index contributed by atoms with van der Waals surface area (Å²) in [5.74, 6) is 5.25. The second-order valence-corrected chi connectivity index (χ2v) is 5.38. The molecule has 0 saturated heterocycles. The molecule has 6 nitrogen and oxygen atoms in total. The molecule has 20 heavy (non-hydrogen) atoms. The molecule has 2 N–H and O–H groups in total. The maximum absolute atomic E-state index is 12.2.